The van der Waals surface area contributed by atoms with E-state index in [1.54, 1.807) is 0 Å². The highest BCUT2D eigenvalue weighted by Crippen LogP contribution is 2.47. The molecule has 0 amide bonds. The summed E-state index contributed by atoms with van der Waals surface area (Å²) < 4.78 is 6.86. The number of rotatable bonds is 2. The zero-order valence-corrected chi connectivity index (χ0v) is 18.4. The Bertz CT molecular complexity index is 1590. The Morgan fingerprint density at radius 1 is 0.618 bits per heavy atom. The van der Waals surface area contributed by atoms with Crippen LogP contribution in [0.2, 0.25) is 0 Å². The Hall–Kier alpha value is -4.43. The van der Waals surface area contributed by atoms with E-state index in [4.69, 9.17) is 4.74 Å². The van der Waals surface area contributed by atoms with Crippen molar-refractivity contribution in [1.29, 1.82) is 0 Å². The molecule has 2 heteroatoms. The van der Waals surface area contributed by atoms with E-state index in [2.05, 4.69) is 54.6 Å². The molecule has 1 aliphatic carbocycles. The molecule has 0 unspecified atom stereocenters. The van der Waals surface area contributed by atoms with E-state index in [1.807, 2.05) is 66.7 Å². The Kier molecular flexibility index (Phi) is 3.95. The molecule has 0 saturated carbocycles. The van der Waals surface area contributed by atoms with Gasteiger partial charge in [0.05, 0.1) is 0 Å². The molecule has 0 fully saturated rings. The van der Waals surface area contributed by atoms with E-state index in [-0.39, 0.29) is 5.78 Å². The van der Waals surface area contributed by atoms with Gasteiger partial charge in [-0.15, -0.1) is 0 Å². The molecule has 0 atom stereocenters. The van der Waals surface area contributed by atoms with Crippen molar-refractivity contribution in [3.63, 3.8) is 0 Å². The summed E-state index contributed by atoms with van der Waals surface area (Å²) >= 11 is 0. The van der Waals surface area contributed by atoms with Gasteiger partial charge in [0.2, 0.25) is 0 Å². The number of ketones is 1. The number of carbonyl (C=O) groups is 1. The fourth-order valence-electron chi connectivity index (χ4n) is 5.36. The SMILES string of the molecule is O=C1c2cc3c(cc2-c2ccc4ccccc4c21)OC(c1ccccc1)(c1ccccc1)C=C3. The molecular formula is C32H20O2. The average Bonchev–Trinajstić information content (AvgIpc) is 3.19. The summed E-state index contributed by atoms with van der Waals surface area (Å²) in [6.07, 6.45) is 4.20. The third-order valence-electron chi connectivity index (χ3n) is 7.01. The molecule has 0 N–H and O–H groups in total. The number of hydrogen-bond donors (Lipinski definition) is 0. The van der Waals surface area contributed by atoms with Crippen molar-refractivity contribution in [2.45, 2.75) is 5.60 Å². The van der Waals surface area contributed by atoms with Gasteiger partial charge in [-0.25, -0.2) is 0 Å². The number of fused-ring (bicyclic) bond motifs is 6. The monoisotopic (exact) mass is 436 g/mol. The standard InChI is InChI=1S/C32H20O2/c33-31-28-19-22-17-18-32(23-10-3-1-4-11-23,24-12-5-2-6-13-24)34-29(22)20-27(28)26-16-15-21-9-7-8-14-25(21)30(26)31/h1-20H. The van der Waals surface area contributed by atoms with Crippen LogP contribution in [0.25, 0.3) is 28.0 Å². The van der Waals surface area contributed by atoms with Crippen molar-refractivity contribution in [2.75, 3.05) is 0 Å². The lowest BCUT2D eigenvalue weighted by Crippen LogP contribution is -2.34. The van der Waals surface area contributed by atoms with E-state index in [9.17, 15) is 4.79 Å². The van der Waals surface area contributed by atoms with Crippen molar-refractivity contribution in [1.82, 2.24) is 0 Å². The molecule has 1 heterocycles. The molecule has 2 aliphatic rings. The summed E-state index contributed by atoms with van der Waals surface area (Å²) in [5.41, 5.74) is 5.75. The van der Waals surface area contributed by atoms with Gasteiger partial charge >= 0.3 is 0 Å². The maximum atomic E-state index is 13.5. The normalized spacial score (nSPS) is 14.9. The van der Waals surface area contributed by atoms with Crippen LogP contribution in [-0.2, 0) is 5.60 Å². The Labute approximate surface area is 197 Å². The van der Waals surface area contributed by atoms with Crippen LogP contribution in [0, 0.1) is 0 Å². The number of benzene rings is 5. The fourth-order valence-corrected chi connectivity index (χ4v) is 5.36. The van der Waals surface area contributed by atoms with Crippen LogP contribution >= 0.6 is 0 Å². The van der Waals surface area contributed by atoms with E-state index in [1.165, 1.54) is 0 Å². The second-order valence-corrected chi connectivity index (χ2v) is 8.88. The molecule has 0 saturated heterocycles. The largest absolute Gasteiger partial charge is 0.473 e. The van der Waals surface area contributed by atoms with Gasteiger partial charge in [-0.1, -0.05) is 103 Å². The molecule has 0 aromatic heterocycles. The quantitative estimate of drug-likeness (QED) is 0.283. The van der Waals surface area contributed by atoms with Crippen LogP contribution < -0.4 is 4.74 Å². The maximum Gasteiger partial charge on any atom is 0.194 e. The van der Waals surface area contributed by atoms with Gasteiger partial charge in [0.25, 0.3) is 0 Å². The smallest absolute Gasteiger partial charge is 0.194 e. The first-order valence-corrected chi connectivity index (χ1v) is 11.5. The maximum absolute atomic E-state index is 13.5. The third-order valence-corrected chi connectivity index (χ3v) is 7.01. The van der Waals surface area contributed by atoms with Crippen LogP contribution in [0.3, 0.4) is 0 Å². The highest BCUT2D eigenvalue weighted by Gasteiger charge is 2.38. The van der Waals surface area contributed by atoms with Crippen LogP contribution in [0.15, 0.2) is 115 Å². The van der Waals surface area contributed by atoms with Crippen molar-refractivity contribution >= 4 is 22.6 Å². The van der Waals surface area contributed by atoms with Gasteiger partial charge in [0.1, 0.15) is 5.75 Å². The van der Waals surface area contributed by atoms with Crippen molar-refractivity contribution in [3.05, 3.63) is 143 Å². The predicted molar refractivity (Wildman–Crippen MR) is 136 cm³/mol. The zero-order chi connectivity index (χ0) is 22.7. The minimum atomic E-state index is -0.738. The second-order valence-electron chi connectivity index (χ2n) is 8.88. The first kappa shape index (κ1) is 19.1. The fraction of sp³-hybridized carbons (Fsp3) is 0.0312. The number of ether oxygens (including phenoxy) is 1. The van der Waals surface area contributed by atoms with Crippen molar-refractivity contribution in [2.24, 2.45) is 0 Å². The highest BCUT2D eigenvalue weighted by atomic mass is 16.5. The summed E-state index contributed by atoms with van der Waals surface area (Å²) in [6.45, 7) is 0. The topological polar surface area (TPSA) is 26.3 Å². The lowest BCUT2D eigenvalue weighted by atomic mass is 9.83. The van der Waals surface area contributed by atoms with E-state index in [0.29, 0.717) is 0 Å². The molecular weight excluding hydrogens is 416 g/mol. The average molecular weight is 437 g/mol. The predicted octanol–water partition coefficient (Wildman–Crippen LogP) is 7.40. The molecule has 34 heavy (non-hydrogen) atoms. The molecule has 0 bridgehead atoms. The zero-order valence-electron chi connectivity index (χ0n) is 18.4. The molecule has 5 aromatic rings. The minimum Gasteiger partial charge on any atom is -0.473 e. The van der Waals surface area contributed by atoms with Gasteiger partial charge in [0, 0.05) is 27.8 Å². The van der Waals surface area contributed by atoms with Crippen LogP contribution in [-0.4, -0.2) is 5.78 Å². The lowest BCUT2D eigenvalue weighted by molar-refractivity contribution is 0.104. The molecule has 0 radical (unpaired) electrons. The van der Waals surface area contributed by atoms with E-state index >= 15 is 0 Å². The minimum absolute atomic E-state index is 0.0842. The molecule has 2 nitrogen and oxygen atoms in total. The third kappa shape index (κ3) is 2.60. The summed E-state index contributed by atoms with van der Waals surface area (Å²) in [5, 5.41) is 2.08. The summed E-state index contributed by atoms with van der Waals surface area (Å²) in [5.74, 6) is 0.865. The number of carbonyl (C=O) groups excluding carboxylic acids is 1. The summed E-state index contributed by atoms with van der Waals surface area (Å²) in [6, 6.07) is 36.8. The van der Waals surface area contributed by atoms with E-state index in [0.717, 1.165) is 55.5 Å². The molecule has 0 spiro atoms. The lowest BCUT2D eigenvalue weighted by Gasteiger charge is -2.36. The molecule has 7 rings (SSSR count). The van der Waals surface area contributed by atoms with Gasteiger partial charge in [-0.2, -0.15) is 0 Å². The van der Waals surface area contributed by atoms with Crippen molar-refractivity contribution in [3.8, 4) is 16.9 Å². The summed E-state index contributed by atoms with van der Waals surface area (Å²) in [7, 11) is 0. The van der Waals surface area contributed by atoms with Gasteiger partial charge in [-0.3, -0.25) is 4.79 Å². The first-order valence-electron chi connectivity index (χ1n) is 11.5. The molecule has 1 aliphatic heterocycles. The van der Waals surface area contributed by atoms with Crippen LogP contribution in [0.1, 0.15) is 32.6 Å². The van der Waals surface area contributed by atoms with Gasteiger partial charge < -0.3 is 4.74 Å². The highest BCUT2D eigenvalue weighted by molar-refractivity contribution is 6.27. The van der Waals surface area contributed by atoms with Crippen LogP contribution in [0.4, 0.5) is 0 Å². The second kappa shape index (κ2) is 7.03. The Morgan fingerprint density at radius 2 is 1.29 bits per heavy atom. The van der Waals surface area contributed by atoms with Crippen molar-refractivity contribution < 1.29 is 9.53 Å². The van der Waals surface area contributed by atoms with E-state index < -0.39 is 5.60 Å². The summed E-state index contributed by atoms with van der Waals surface area (Å²) in [4.78, 5) is 13.5. The number of hydrogen-bond acceptors (Lipinski definition) is 2. The first-order chi connectivity index (χ1) is 16.7. The van der Waals surface area contributed by atoms with Gasteiger partial charge in [-0.05, 0) is 40.1 Å². The van der Waals surface area contributed by atoms with Crippen LogP contribution in [0.5, 0.6) is 5.75 Å². The van der Waals surface area contributed by atoms with Gasteiger partial charge in [0.15, 0.2) is 11.4 Å². The Morgan fingerprint density at radius 3 is 2.03 bits per heavy atom. The molecule has 160 valence electrons. The molecule has 5 aromatic carbocycles. The Balaban J connectivity index is 1.43.